The molecule has 172 valence electrons. The SMILES string of the molecule is [N-]=[N+]=Nc1ccc(N(CCCCCC(=O)O)n2c(O)cc(S(=O)(=O)O)c2O)c([N+](=O)[O-])c1. The Morgan fingerprint density at radius 2 is 1.94 bits per heavy atom. The number of aliphatic carboxylic acids is 1. The summed E-state index contributed by atoms with van der Waals surface area (Å²) in [6.07, 6.45) is 0.733. The summed E-state index contributed by atoms with van der Waals surface area (Å²) in [4.78, 5) is 23.0. The summed E-state index contributed by atoms with van der Waals surface area (Å²) < 4.78 is 32.8. The molecule has 0 atom stereocenters. The van der Waals surface area contributed by atoms with E-state index < -0.39 is 43.4 Å². The lowest BCUT2D eigenvalue weighted by Gasteiger charge is -2.27. The van der Waals surface area contributed by atoms with E-state index in [-0.39, 0.29) is 37.2 Å². The first-order valence-corrected chi connectivity index (χ1v) is 10.4. The molecule has 0 unspecified atom stereocenters. The maximum atomic E-state index is 11.6. The highest BCUT2D eigenvalue weighted by atomic mass is 32.2. The molecule has 0 bridgehead atoms. The molecule has 0 radical (unpaired) electrons. The van der Waals surface area contributed by atoms with E-state index in [1.807, 2.05) is 0 Å². The smallest absolute Gasteiger partial charge is 0.303 e. The van der Waals surface area contributed by atoms with Crippen LogP contribution in [0.15, 0.2) is 34.3 Å². The van der Waals surface area contributed by atoms with Gasteiger partial charge < -0.3 is 15.3 Å². The van der Waals surface area contributed by atoms with Crippen LogP contribution in [0, 0.1) is 10.1 Å². The molecule has 0 aliphatic carbocycles. The third-order valence-corrected chi connectivity index (χ3v) is 5.13. The second kappa shape index (κ2) is 9.86. The van der Waals surface area contributed by atoms with Gasteiger partial charge in [-0.05, 0) is 24.4 Å². The number of benzene rings is 1. The molecule has 0 amide bonds. The molecule has 1 heterocycles. The van der Waals surface area contributed by atoms with Crippen LogP contribution in [0.25, 0.3) is 10.4 Å². The highest BCUT2D eigenvalue weighted by Crippen LogP contribution is 2.38. The number of unbranched alkanes of at least 4 members (excludes halogenated alkanes) is 2. The van der Waals surface area contributed by atoms with Gasteiger partial charge in [0, 0.05) is 35.7 Å². The molecule has 1 aromatic carbocycles. The van der Waals surface area contributed by atoms with E-state index in [9.17, 15) is 38.1 Å². The standard InChI is InChI=1S/C16H18N6O9S/c17-19-18-10-5-6-11(12(8-10)22(27)28)20(7-3-1-2-4-15(24)25)21-14(23)9-13(16(21)26)32(29,30)31/h5-6,8-9,23,26H,1-4,7H2,(H,24,25)(H,29,30,31). The average Bonchev–Trinajstić information content (AvgIpc) is 2.99. The van der Waals surface area contributed by atoms with Gasteiger partial charge >= 0.3 is 5.97 Å². The van der Waals surface area contributed by atoms with Crippen LogP contribution in [0.5, 0.6) is 11.8 Å². The molecule has 32 heavy (non-hydrogen) atoms. The lowest BCUT2D eigenvalue weighted by Crippen LogP contribution is -2.30. The number of anilines is 1. The fourth-order valence-electron chi connectivity index (χ4n) is 2.92. The van der Waals surface area contributed by atoms with Crippen LogP contribution in [0.1, 0.15) is 25.7 Å². The quantitative estimate of drug-likeness (QED) is 0.0712. The molecule has 0 fully saturated rings. The Hall–Kier alpha value is -4.01. The van der Waals surface area contributed by atoms with Gasteiger partial charge in [-0.15, -0.1) is 0 Å². The number of nitrogens with zero attached hydrogens (tertiary/aromatic N) is 6. The van der Waals surface area contributed by atoms with Crippen molar-refractivity contribution in [2.75, 3.05) is 11.6 Å². The highest BCUT2D eigenvalue weighted by Gasteiger charge is 2.30. The Morgan fingerprint density at radius 3 is 2.47 bits per heavy atom. The zero-order valence-electron chi connectivity index (χ0n) is 16.3. The van der Waals surface area contributed by atoms with E-state index in [4.69, 9.17) is 10.6 Å². The molecule has 0 saturated carbocycles. The van der Waals surface area contributed by atoms with Gasteiger partial charge in [-0.25, -0.2) is 0 Å². The monoisotopic (exact) mass is 470 g/mol. The van der Waals surface area contributed by atoms with Crippen molar-refractivity contribution < 1.29 is 38.0 Å². The van der Waals surface area contributed by atoms with E-state index in [1.165, 1.54) is 6.07 Å². The van der Waals surface area contributed by atoms with Crippen LogP contribution in [0.2, 0.25) is 0 Å². The highest BCUT2D eigenvalue weighted by molar-refractivity contribution is 7.86. The summed E-state index contributed by atoms with van der Waals surface area (Å²) in [5, 5.41) is 45.2. The van der Waals surface area contributed by atoms with E-state index in [1.54, 1.807) is 0 Å². The zero-order chi connectivity index (χ0) is 24.1. The fourth-order valence-corrected chi connectivity index (χ4v) is 3.49. The minimum absolute atomic E-state index is 0.0936. The molecule has 1 aromatic heterocycles. The van der Waals surface area contributed by atoms with Crippen molar-refractivity contribution in [1.29, 1.82) is 0 Å². The second-order valence-corrected chi connectivity index (χ2v) is 7.81. The van der Waals surface area contributed by atoms with Crippen molar-refractivity contribution >= 4 is 33.1 Å². The third-order valence-electron chi connectivity index (χ3n) is 4.27. The third kappa shape index (κ3) is 5.57. The van der Waals surface area contributed by atoms with Gasteiger partial charge in [0.1, 0.15) is 5.69 Å². The Balaban J connectivity index is 2.59. The molecular weight excluding hydrogens is 452 g/mol. The van der Waals surface area contributed by atoms with Gasteiger partial charge in [-0.3, -0.25) is 24.5 Å². The van der Waals surface area contributed by atoms with Crippen LogP contribution < -0.4 is 5.01 Å². The molecule has 2 rings (SSSR count). The Kier molecular flexibility index (Phi) is 7.48. The van der Waals surface area contributed by atoms with Gasteiger partial charge in [0.05, 0.1) is 4.92 Å². The number of carboxylic acids is 1. The fraction of sp³-hybridized carbons (Fsp3) is 0.312. The molecule has 15 nitrogen and oxygen atoms in total. The van der Waals surface area contributed by atoms with Crippen molar-refractivity contribution in [3.63, 3.8) is 0 Å². The maximum Gasteiger partial charge on any atom is 0.303 e. The first kappa shape index (κ1) is 24.3. The number of hydrogen-bond donors (Lipinski definition) is 4. The Morgan fingerprint density at radius 1 is 1.25 bits per heavy atom. The van der Waals surface area contributed by atoms with Gasteiger partial charge in [-0.1, -0.05) is 17.6 Å². The lowest BCUT2D eigenvalue weighted by molar-refractivity contribution is -0.384. The number of aromatic hydroxyl groups is 2. The number of carboxylic acid groups (broad SMARTS) is 1. The number of carbonyl (C=O) groups is 1. The summed E-state index contributed by atoms with van der Waals surface area (Å²) in [6.45, 7) is -0.137. The van der Waals surface area contributed by atoms with Crippen molar-refractivity contribution in [2.24, 2.45) is 5.11 Å². The molecule has 16 heteroatoms. The van der Waals surface area contributed by atoms with E-state index in [2.05, 4.69) is 10.0 Å². The molecule has 0 spiro atoms. The molecular formula is C16H18N6O9S. The summed E-state index contributed by atoms with van der Waals surface area (Å²) in [5.41, 5.74) is 7.64. The number of nitro benzene ring substituents is 1. The molecule has 2 aromatic rings. The first-order chi connectivity index (χ1) is 15.0. The average molecular weight is 470 g/mol. The Labute approximate surface area is 180 Å². The minimum Gasteiger partial charge on any atom is -0.493 e. The predicted octanol–water partition coefficient (Wildman–Crippen LogP) is 2.91. The van der Waals surface area contributed by atoms with Crippen molar-refractivity contribution in [3.05, 3.63) is 44.8 Å². The van der Waals surface area contributed by atoms with Crippen molar-refractivity contribution in [1.82, 2.24) is 4.68 Å². The zero-order valence-corrected chi connectivity index (χ0v) is 17.1. The lowest BCUT2D eigenvalue weighted by atomic mass is 10.2. The molecule has 0 aliphatic rings. The van der Waals surface area contributed by atoms with Crippen molar-refractivity contribution in [2.45, 2.75) is 30.6 Å². The largest absolute Gasteiger partial charge is 0.493 e. The summed E-state index contributed by atoms with van der Waals surface area (Å²) in [5.74, 6) is -2.97. The second-order valence-electron chi connectivity index (χ2n) is 6.42. The van der Waals surface area contributed by atoms with Crippen LogP contribution in [-0.4, -0.2) is 50.4 Å². The van der Waals surface area contributed by atoms with Gasteiger partial charge in [0.2, 0.25) is 11.8 Å². The van der Waals surface area contributed by atoms with Gasteiger partial charge in [0.25, 0.3) is 15.8 Å². The minimum atomic E-state index is -4.94. The maximum absolute atomic E-state index is 11.6. The van der Waals surface area contributed by atoms with Crippen LogP contribution in [0.4, 0.5) is 17.1 Å². The summed E-state index contributed by atoms with van der Waals surface area (Å²) in [7, 11) is -4.94. The number of rotatable bonds is 11. The summed E-state index contributed by atoms with van der Waals surface area (Å²) in [6, 6.07) is 3.88. The van der Waals surface area contributed by atoms with Crippen LogP contribution >= 0.6 is 0 Å². The molecule has 0 saturated heterocycles. The predicted molar refractivity (Wildman–Crippen MR) is 108 cm³/mol. The van der Waals surface area contributed by atoms with Crippen LogP contribution in [-0.2, 0) is 14.9 Å². The molecule has 0 aliphatic heterocycles. The first-order valence-electron chi connectivity index (χ1n) is 8.91. The van der Waals surface area contributed by atoms with Crippen molar-refractivity contribution in [3.8, 4) is 11.8 Å². The number of nitro groups is 1. The topological polar surface area (TPSA) is 232 Å². The van der Waals surface area contributed by atoms with E-state index in [0.29, 0.717) is 17.2 Å². The Bertz CT molecular complexity index is 1190. The van der Waals surface area contributed by atoms with E-state index >= 15 is 0 Å². The van der Waals surface area contributed by atoms with Gasteiger partial charge in [0.15, 0.2) is 4.90 Å². The van der Waals surface area contributed by atoms with Gasteiger partial charge in [-0.2, -0.15) is 13.1 Å². The normalized spacial score (nSPS) is 11.0. The summed E-state index contributed by atoms with van der Waals surface area (Å²) >= 11 is 0. The number of hydrogen-bond acceptors (Lipinski definition) is 9. The number of aromatic nitrogens is 1. The van der Waals surface area contributed by atoms with E-state index in [0.717, 1.165) is 17.1 Å². The molecule has 4 N–H and O–H groups in total. The van der Waals surface area contributed by atoms with Crippen LogP contribution in [0.3, 0.4) is 0 Å². The number of azide groups is 1.